The fraction of sp³-hybridized carbons (Fsp3) is 0.200. The van der Waals surface area contributed by atoms with Crippen molar-refractivity contribution in [1.29, 1.82) is 0 Å². The first kappa shape index (κ1) is 9.45. The van der Waals surface area contributed by atoms with Gasteiger partial charge in [0.2, 0.25) is 0 Å². The smallest absolute Gasteiger partial charge is 0.296 e. The maximum atomic E-state index is 11.0. The lowest BCUT2D eigenvalue weighted by atomic mass is 10.2. The highest BCUT2D eigenvalue weighted by molar-refractivity contribution is 6.47. The molecule has 0 unspecified atom stereocenters. The zero-order valence-electron chi connectivity index (χ0n) is 7.68. The second kappa shape index (κ2) is 3.39. The third-order valence-electron chi connectivity index (χ3n) is 1.65. The van der Waals surface area contributed by atoms with Crippen LogP contribution in [0.1, 0.15) is 13.8 Å². The van der Waals surface area contributed by atoms with Gasteiger partial charge in [0.1, 0.15) is 0 Å². The average molecular weight is 177 g/mol. The van der Waals surface area contributed by atoms with Gasteiger partial charge in [-0.1, -0.05) is 20.4 Å². The molecule has 2 aliphatic rings. The second-order valence-electron chi connectivity index (χ2n) is 2.47. The molecule has 3 nitrogen and oxygen atoms in total. The Morgan fingerprint density at radius 1 is 1.23 bits per heavy atom. The Labute approximate surface area is 76.8 Å². The van der Waals surface area contributed by atoms with Crippen LogP contribution in [0.2, 0.25) is 0 Å². The van der Waals surface area contributed by atoms with Crippen LogP contribution < -0.4 is 5.32 Å². The molecule has 1 heterocycles. The summed E-state index contributed by atoms with van der Waals surface area (Å²) in [6.07, 6.45) is 3.29. The van der Waals surface area contributed by atoms with Crippen LogP contribution >= 0.6 is 0 Å². The number of carbonyl (C=O) groups is 2. The van der Waals surface area contributed by atoms with Crippen LogP contribution in [-0.2, 0) is 9.59 Å². The number of fused-ring (bicyclic) bond motifs is 1. The Hall–Kier alpha value is -1.64. The monoisotopic (exact) mass is 177 g/mol. The van der Waals surface area contributed by atoms with Gasteiger partial charge in [0.25, 0.3) is 11.7 Å². The van der Waals surface area contributed by atoms with Gasteiger partial charge in [-0.15, -0.1) is 0 Å². The molecule has 0 atom stereocenters. The van der Waals surface area contributed by atoms with Gasteiger partial charge < -0.3 is 5.32 Å². The number of ketones is 1. The summed E-state index contributed by atoms with van der Waals surface area (Å²) >= 11 is 0. The molecule has 0 bridgehead atoms. The summed E-state index contributed by atoms with van der Waals surface area (Å²) < 4.78 is 0. The molecule has 0 saturated carbocycles. The van der Waals surface area contributed by atoms with E-state index in [1.165, 1.54) is 0 Å². The van der Waals surface area contributed by atoms with Crippen molar-refractivity contribution in [2.75, 3.05) is 0 Å². The van der Waals surface area contributed by atoms with Crippen LogP contribution in [-0.4, -0.2) is 11.7 Å². The highest BCUT2D eigenvalue weighted by atomic mass is 16.2. The van der Waals surface area contributed by atoms with Crippen molar-refractivity contribution >= 4 is 11.7 Å². The lowest BCUT2D eigenvalue weighted by Gasteiger charge is -1.87. The molecule has 1 fully saturated rings. The molecule has 0 radical (unpaired) electrons. The van der Waals surface area contributed by atoms with Gasteiger partial charge >= 0.3 is 0 Å². The lowest BCUT2D eigenvalue weighted by molar-refractivity contribution is -0.133. The van der Waals surface area contributed by atoms with Gasteiger partial charge in [-0.05, 0) is 17.7 Å². The van der Waals surface area contributed by atoms with Crippen LogP contribution in [0.15, 0.2) is 35.6 Å². The van der Waals surface area contributed by atoms with E-state index in [-0.39, 0.29) is 0 Å². The molecule has 13 heavy (non-hydrogen) atoms. The highest BCUT2D eigenvalue weighted by Gasteiger charge is 2.33. The van der Waals surface area contributed by atoms with Crippen LogP contribution in [0.3, 0.4) is 0 Å². The SMILES string of the molecule is C=C1C=C2NC(=O)C(=O)C2=C1.CC. The number of rotatable bonds is 0. The van der Waals surface area contributed by atoms with Gasteiger partial charge in [0.15, 0.2) is 0 Å². The van der Waals surface area contributed by atoms with Crippen molar-refractivity contribution in [3.63, 3.8) is 0 Å². The van der Waals surface area contributed by atoms with Crippen LogP contribution in [0.25, 0.3) is 0 Å². The number of nitrogens with one attached hydrogen (secondary N) is 1. The minimum absolute atomic E-state index is 0.444. The molecule has 1 aliphatic carbocycles. The Morgan fingerprint density at radius 3 is 2.38 bits per heavy atom. The van der Waals surface area contributed by atoms with Crippen molar-refractivity contribution in [3.8, 4) is 0 Å². The maximum Gasteiger partial charge on any atom is 0.296 e. The summed E-state index contributed by atoms with van der Waals surface area (Å²) in [5.74, 6) is -1.01. The van der Waals surface area contributed by atoms with Crippen LogP contribution in [0, 0.1) is 0 Å². The predicted molar refractivity (Wildman–Crippen MR) is 49.8 cm³/mol. The van der Waals surface area contributed by atoms with Crippen molar-refractivity contribution in [3.05, 3.63) is 35.6 Å². The molecule has 1 amide bonds. The largest absolute Gasteiger partial charge is 0.318 e. The lowest BCUT2D eigenvalue weighted by Crippen LogP contribution is -2.18. The van der Waals surface area contributed by atoms with E-state index in [0.717, 1.165) is 5.57 Å². The van der Waals surface area contributed by atoms with Crippen molar-refractivity contribution < 1.29 is 9.59 Å². The Balaban J connectivity index is 0.000000396. The molecule has 1 aliphatic heterocycles. The second-order valence-corrected chi connectivity index (χ2v) is 2.47. The third kappa shape index (κ3) is 1.45. The summed E-state index contributed by atoms with van der Waals surface area (Å²) in [7, 11) is 0. The first-order valence-corrected chi connectivity index (χ1v) is 4.17. The van der Waals surface area contributed by atoms with E-state index < -0.39 is 11.7 Å². The molecule has 3 heteroatoms. The number of hydrogen-bond acceptors (Lipinski definition) is 2. The molecule has 0 aromatic heterocycles. The van der Waals surface area contributed by atoms with E-state index in [1.54, 1.807) is 12.2 Å². The fourth-order valence-corrected chi connectivity index (χ4v) is 1.16. The summed E-state index contributed by atoms with van der Waals surface area (Å²) in [6.45, 7) is 7.64. The van der Waals surface area contributed by atoms with E-state index in [0.29, 0.717) is 11.3 Å². The van der Waals surface area contributed by atoms with Crippen molar-refractivity contribution in [2.24, 2.45) is 0 Å². The molecule has 0 aromatic carbocycles. The van der Waals surface area contributed by atoms with Crippen molar-refractivity contribution in [2.45, 2.75) is 13.8 Å². The summed E-state index contributed by atoms with van der Waals surface area (Å²) in [4.78, 5) is 21.7. The zero-order valence-corrected chi connectivity index (χ0v) is 7.68. The van der Waals surface area contributed by atoms with E-state index in [4.69, 9.17) is 0 Å². The Morgan fingerprint density at radius 2 is 1.85 bits per heavy atom. The molecular formula is C10H11NO2. The topological polar surface area (TPSA) is 46.2 Å². The molecule has 68 valence electrons. The predicted octanol–water partition coefficient (Wildman–Crippen LogP) is 1.09. The minimum atomic E-state index is -0.546. The minimum Gasteiger partial charge on any atom is -0.318 e. The Kier molecular flexibility index (Phi) is 2.46. The van der Waals surface area contributed by atoms with Gasteiger partial charge in [0.05, 0.1) is 11.3 Å². The van der Waals surface area contributed by atoms with E-state index in [1.807, 2.05) is 13.8 Å². The van der Waals surface area contributed by atoms with Gasteiger partial charge in [0, 0.05) is 0 Å². The van der Waals surface area contributed by atoms with E-state index >= 15 is 0 Å². The number of allylic oxidation sites excluding steroid dienone is 4. The number of amides is 1. The van der Waals surface area contributed by atoms with Gasteiger partial charge in [-0.2, -0.15) is 0 Å². The molecule has 0 aromatic rings. The summed E-state index contributed by atoms with van der Waals surface area (Å²) in [6, 6.07) is 0. The Bertz CT molecular complexity index is 348. The maximum absolute atomic E-state index is 11.0. The zero-order chi connectivity index (χ0) is 10.0. The fourth-order valence-electron chi connectivity index (χ4n) is 1.16. The number of carbonyl (C=O) groups excluding carboxylic acids is 2. The summed E-state index contributed by atoms with van der Waals surface area (Å²) in [5.41, 5.74) is 1.79. The average Bonchev–Trinajstić information content (AvgIpc) is 2.58. The molecule has 1 N–H and O–H groups in total. The normalized spacial score (nSPS) is 18.5. The quantitative estimate of drug-likeness (QED) is 0.563. The highest BCUT2D eigenvalue weighted by Crippen LogP contribution is 2.24. The molecular weight excluding hydrogens is 166 g/mol. The standard InChI is InChI=1S/C8H5NO2.C2H6/c1-4-2-5-6(3-4)9-8(11)7(5)10;1-2/h2-3H,1H2,(H,9,11);1-2H3. The van der Waals surface area contributed by atoms with Crippen molar-refractivity contribution in [1.82, 2.24) is 5.32 Å². The first-order valence-electron chi connectivity index (χ1n) is 4.17. The summed E-state index contributed by atoms with van der Waals surface area (Å²) in [5, 5.41) is 2.44. The molecule has 0 spiro atoms. The number of Topliss-reactive ketones (excluding diaryl/α,β-unsaturated/α-hetero) is 1. The van der Waals surface area contributed by atoms with Gasteiger partial charge in [-0.3, -0.25) is 9.59 Å². The number of hydrogen-bond donors (Lipinski definition) is 1. The first-order chi connectivity index (χ1) is 6.18. The van der Waals surface area contributed by atoms with Crippen LogP contribution in [0.4, 0.5) is 0 Å². The van der Waals surface area contributed by atoms with E-state index in [9.17, 15) is 9.59 Å². The van der Waals surface area contributed by atoms with E-state index in [2.05, 4.69) is 11.9 Å². The molecule has 1 saturated heterocycles. The van der Waals surface area contributed by atoms with Gasteiger partial charge in [-0.25, -0.2) is 0 Å². The third-order valence-corrected chi connectivity index (χ3v) is 1.65. The van der Waals surface area contributed by atoms with Crippen LogP contribution in [0.5, 0.6) is 0 Å². The molecule has 2 rings (SSSR count).